The third-order valence-corrected chi connectivity index (χ3v) is 1.55. The number of rotatable bonds is 3. The molecule has 0 unspecified atom stereocenters. The summed E-state index contributed by atoms with van der Waals surface area (Å²) in [4.78, 5) is 0. The maximum Gasteiger partial charge on any atom is -1.00 e. The quantitative estimate of drug-likeness (QED) is 0.423. The maximum atomic E-state index is 2.31. The second-order valence-corrected chi connectivity index (χ2v) is 12.8. The predicted octanol–water partition coefficient (Wildman–Crippen LogP) is -2.46. The minimum absolute atomic E-state index is 0. The van der Waals surface area contributed by atoms with E-state index in [9.17, 15) is 0 Å². The fraction of sp³-hybridized carbons (Fsp3) is 0.545. The third kappa shape index (κ3) is 17.6. The molecule has 0 heterocycles. The van der Waals surface area contributed by atoms with Gasteiger partial charge in [0.1, 0.15) is 0 Å². The topological polar surface area (TPSA) is 0 Å². The largest absolute Gasteiger partial charge is 1.00 e. The Morgan fingerprint density at radius 1 is 1.33 bits per heavy atom. The minimum atomic E-state index is 0. The molecule has 86 valence electrons. The third-order valence-electron chi connectivity index (χ3n) is 1.55. The first-order valence-electron chi connectivity index (χ1n) is 4.89. The molecule has 15 heavy (non-hydrogen) atoms. The first-order chi connectivity index (χ1) is 6.16. The van der Waals surface area contributed by atoms with Crippen molar-refractivity contribution in [3.8, 4) is 0 Å². The SMILES string of the molecule is CCCCc1cc[cH-]c1.C[Si](C)=[Zr+2].[Cl-].[Cl-]. The molecule has 0 nitrogen and oxygen atoms in total. The van der Waals surface area contributed by atoms with Gasteiger partial charge in [0, 0.05) is 0 Å². The molecule has 0 N–H and O–H groups in total. The van der Waals surface area contributed by atoms with Crippen molar-refractivity contribution in [2.24, 2.45) is 0 Å². The Morgan fingerprint density at radius 2 is 1.87 bits per heavy atom. The molecule has 0 saturated heterocycles. The van der Waals surface area contributed by atoms with E-state index in [4.69, 9.17) is 0 Å². The van der Waals surface area contributed by atoms with E-state index < -0.39 is 0 Å². The summed E-state index contributed by atoms with van der Waals surface area (Å²) in [5.74, 6) is 0. The van der Waals surface area contributed by atoms with E-state index in [0.29, 0.717) is 0 Å². The summed E-state index contributed by atoms with van der Waals surface area (Å²) in [7, 11) is 0. The molecule has 1 rings (SSSR count). The van der Waals surface area contributed by atoms with Crippen molar-refractivity contribution < 1.29 is 48.1 Å². The zero-order chi connectivity index (χ0) is 10.1. The molecule has 0 aliphatic heterocycles. The van der Waals surface area contributed by atoms with E-state index in [0.717, 1.165) is 0 Å². The fourth-order valence-electron chi connectivity index (χ4n) is 0.961. The van der Waals surface area contributed by atoms with Crippen molar-refractivity contribution in [1.82, 2.24) is 0 Å². The van der Waals surface area contributed by atoms with Gasteiger partial charge in [0.15, 0.2) is 0 Å². The molecule has 0 bridgehead atoms. The monoisotopic (exact) mass is 339 g/mol. The van der Waals surface area contributed by atoms with Crippen LogP contribution in [0.25, 0.3) is 0 Å². The van der Waals surface area contributed by atoms with Crippen molar-refractivity contribution in [3.05, 3.63) is 29.8 Å². The standard InChI is InChI=1S/C9H13.C2H6Si.2ClH.Zr/c1-2-3-6-9-7-4-5-8-9;1-3-2;;;/h4-5,7-8H,2-3,6H2,1H3;1-2H3;2*1H;/q-1;;;;+2/p-2. The van der Waals surface area contributed by atoms with Crippen molar-refractivity contribution >= 4 is 5.43 Å². The molecule has 0 saturated carbocycles. The van der Waals surface area contributed by atoms with Gasteiger partial charge in [0.05, 0.1) is 0 Å². The van der Waals surface area contributed by atoms with Gasteiger partial charge in [0.25, 0.3) is 0 Å². The summed E-state index contributed by atoms with van der Waals surface area (Å²) < 4.78 is 0. The second kappa shape index (κ2) is 15.0. The molecule has 1 aromatic rings. The van der Waals surface area contributed by atoms with E-state index in [1.54, 1.807) is 23.3 Å². The van der Waals surface area contributed by atoms with Gasteiger partial charge in [-0.25, -0.2) is 6.07 Å². The van der Waals surface area contributed by atoms with Crippen LogP contribution >= 0.6 is 0 Å². The number of aryl methyl sites for hydroxylation is 1. The van der Waals surface area contributed by atoms with Crippen LogP contribution in [0.2, 0.25) is 13.1 Å². The Hall–Kier alpha value is 1.03. The summed E-state index contributed by atoms with van der Waals surface area (Å²) in [6.45, 7) is 6.84. The van der Waals surface area contributed by atoms with Gasteiger partial charge < -0.3 is 24.8 Å². The molecule has 1 aromatic carbocycles. The summed E-state index contributed by atoms with van der Waals surface area (Å²) in [5, 5.41) is 0. The summed E-state index contributed by atoms with van der Waals surface area (Å²) in [6.07, 6.45) is 3.87. The number of hydrogen-bond donors (Lipinski definition) is 0. The normalized spacial score (nSPS) is 7.80. The van der Waals surface area contributed by atoms with E-state index in [-0.39, 0.29) is 30.2 Å². The van der Waals surface area contributed by atoms with Crippen molar-refractivity contribution in [2.75, 3.05) is 0 Å². The van der Waals surface area contributed by atoms with Gasteiger partial charge in [-0.05, 0) is 0 Å². The van der Waals surface area contributed by atoms with Crippen LogP contribution in [-0.4, -0.2) is 5.43 Å². The molecule has 0 spiro atoms. The second-order valence-electron chi connectivity index (χ2n) is 3.40. The Kier molecular flexibility index (Phi) is 21.4. The molecule has 0 aromatic heterocycles. The van der Waals surface area contributed by atoms with Crippen LogP contribution in [0.5, 0.6) is 0 Å². The van der Waals surface area contributed by atoms with E-state index in [1.165, 1.54) is 24.8 Å². The molecule has 0 radical (unpaired) electrons. The first-order valence-corrected chi connectivity index (χ1v) is 11.1. The smallest absolute Gasteiger partial charge is 1.00 e. The molecule has 0 aliphatic rings. The maximum absolute atomic E-state index is 2.31. The van der Waals surface area contributed by atoms with E-state index in [2.05, 4.69) is 44.3 Å². The van der Waals surface area contributed by atoms with E-state index in [1.807, 2.05) is 0 Å². The van der Waals surface area contributed by atoms with Crippen molar-refractivity contribution in [2.45, 2.75) is 39.3 Å². The van der Waals surface area contributed by atoms with Crippen molar-refractivity contribution in [3.63, 3.8) is 0 Å². The molecular formula is C11H19Cl2SiZr-. The summed E-state index contributed by atoms with van der Waals surface area (Å²) in [5.41, 5.74) is 1.69. The zero-order valence-electron chi connectivity index (χ0n) is 9.69. The predicted molar refractivity (Wildman–Crippen MR) is 58.1 cm³/mol. The molecule has 0 amide bonds. The Balaban J connectivity index is -0.000000213. The summed E-state index contributed by atoms with van der Waals surface area (Å²) >= 11 is 1.74. The van der Waals surface area contributed by atoms with Crippen LogP contribution < -0.4 is 24.8 Å². The van der Waals surface area contributed by atoms with Crippen LogP contribution in [0.3, 0.4) is 0 Å². The average Bonchev–Trinajstić information content (AvgIpc) is 2.51. The van der Waals surface area contributed by atoms with Gasteiger partial charge in [-0.2, -0.15) is 23.8 Å². The molecule has 0 aliphatic carbocycles. The van der Waals surface area contributed by atoms with Crippen LogP contribution in [-0.2, 0) is 29.8 Å². The van der Waals surface area contributed by atoms with Crippen LogP contribution in [0.15, 0.2) is 24.3 Å². The molecular weight excluding hydrogens is 322 g/mol. The summed E-state index contributed by atoms with van der Waals surface area (Å²) in [6, 6.07) is 8.58. The van der Waals surface area contributed by atoms with Gasteiger partial charge >= 0.3 is 41.9 Å². The van der Waals surface area contributed by atoms with Gasteiger partial charge in [0.2, 0.25) is 0 Å². The Morgan fingerprint density at radius 3 is 2.20 bits per heavy atom. The minimum Gasteiger partial charge on any atom is -1.00 e. The van der Waals surface area contributed by atoms with E-state index >= 15 is 0 Å². The molecule has 4 heteroatoms. The van der Waals surface area contributed by atoms with Gasteiger partial charge in [-0.3, -0.25) is 0 Å². The zero-order valence-corrected chi connectivity index (χ0v) is 14.7. The molecule has 0 atom stereocenters. The first kappa shape index (κ1) is 21.3. The Labute approximate surface area is 122 Å². The van der Waals surface area contributed by atoms with Gasteiger partial charge in [-0.1, -0.05) is 26.2 Å². The number of unbranched alkanes of at least 4 members (excludes halogenated alkanes) is 1. The van der Waals surface area contributed by atoms with Crippen LogP contribution in [0.1, 0.15) is 25.3 Å². The van der Waals surface area contributed by atoms with Crippen molar-refractivity contribution in [1.29, 1.82) is 0 Å². The fourth-order valence-corrected chi connectivity index (χ4v) is 0.961. The average molecular weight is 341 g/mol. The Bertz CT molecular complexity index is 219. The molecule has 0 fully saturated rings. The van der Waals surface area contributed by atoms with Crippen LogP contribution in [0.4, 0.5) is 0 Å². The van der Waals surface area contributed by atoms with Gasteiger partial charge in [-0.15, -0.1) is 0 Å². The number of halogens is 2. The van der Waals surface area contributed by atoms with Crippen LogP contribution in [0, 0.1) is 0 Å². The number of hydrogen-bond acceptors (Lipinski definition) is 0.